The van der Waals surface area contributed by atoms with E-state index in [1.54, 1.807) is 31.8 Å². The van der Waals surface area contributed by atoms with E-state index < -0.39 is 0 Å². The van der Waals surface area contributed by atoms with Crippen molar-refractivity contribution in [1.29, 1.82) is 0 Å². The Labute approximate surface area is 220 Å². The number of para-hydroxylation sites is 2. The SMILES string of the molecule is COc1ccc(C2CC(c3ccccc3)=NN2C(=O)CSC2=C=CN=CN2c2ccccc2OC)cc1. The zero-order valence-corrected chi connectivity index (χ0v) is 21.4. The van der Waals surface area contributed by atoms with Gasteiger partial charge in [-0.05, 0) is 35.4 Å². The van der Waals surface area contributed by atoms with Gasteiger partial charge in [-0.15, -0.1) is 0 Å². The lowest BCUT2D eigenvalue weighted by molar-refractivity contribution is -0.130. The van der Waals surface area contributed by atoms with Gasteiger partial charge in [-0.3, -0.25) is 9.69 Å². The molecule has 3 aromatic rings. The number of hydrogen-bond donors (Lipinski definition) is 0. The Balaban J connectivity index is 1.38. The van der Waals surface area contributed by atoms with Crippen molar-refractivity contribution in [1.82, 2.24) is 5.01 Å². The number of ether oxygens (including phenoxy) is 2. The summed E-state index contributed by atoms with van der Waals surface area (Å²) in [6, 6.07) is 25.3. The first-order valence-corrected chi connectivity index (χ1v) is 12.8. The molecule has 1 unspecified atom stereocenters. The van der Waals surface area contributed by atoms with Gasteiger partial charge in [0.1, 0.15) is 22.9 Å². The van der Waals surface area contributed by atoms with Crippen LogP contribution in [0.2, 0.25) is 0 Å². The van der Waals surface area contributed by atoms with Gasteiger partial charge >= 0.3 is 0 Å². The Hall–Kier alpha value is -4.26. The van der Waals surface area contributed by atoms with Gasteiger partial charge in [0.2, 0.25) is 0 Å². The van der Waals surface area contributed by atoms with Gasteiger partial charge in [-0.1, -0.05) is 72.1 Å². The zero-order valence-electron chi connectivity index (χ0n) is 20.6. The molecule has 0 spiro atoms. The molecule has 0 saturated carbocycles. The smallest absolute Gasteiger partial charge is 0.253 e. The maximum atomic E-state index is 13.6. The van der Waals surface area contributed by atoms with Crippen LogP contribution in [0.1, 0.15) is 23.6 Å². The third kappa shape index (κ3) is 5.31. The molecular weight excluding hydrogens is 484 g/mol. The van der Waals surface area contributed by atoms with Gasteiger partial charge < -0.3 is 9.47 Å². The second kappa shape index (κ2) is 11.2. The highest BCUT2D eigenvalue weighted by atomic mass is 32.2. The minimum absolute atomic E-state index is 0.0893. The first-order valence-electron chi connectivity index (χ1n) is 11.8. The predicted molar refractivity (Wildman–Crippen MR) is 148 cm³/mol. The van der Waals surface area contributed by atoms with Crippen molar-refractivity contribution < 1.29 is 14.3 Å². The molecule has 8 heteroatoms. The largest absolute Gasteiger partial charge is 0.497 e. The summed E-state index contributed by atoms with van der Waals surface area (Å²) in [5.41, 5.74) is 6.90. The van der Waals surface area contributed by atoms with Crippen LogP contribution in [-0.4, -0.2) is 42.9 Å². The van der Waals surface area contributed by atoms with Crippen LogP contribution in [0, 0.1) is 0 Å². The molecule has 7 nitrogen and oxygen atoms in total. The number of aliphatic imine (C=N–C) groups is 1. The quantitative estimate of drug-likeness (QED) is 0.368. The number of carbonyl (C=O) groups excluding carboxylic acids is 1. The molecule has 0 radical (unpaired) electrons. The lowest BCUT2D eigenvalue weighted by Gasteiger charge is -2.25. The third-order valence-corrected chi connectivity index (χ3v) is 7.09. The highest BCUT2D eigenvalue weighted by Crippen LogP contribution is 2.36. The van der Waals surface area contributed by atoms with Crippen molar-refractivity contribution in [3.8, 4) is 11.5 Å². The molecule has 5 rings (SSSR count). The van der Waals surface area contributed by atoms with Crippen LogP contribution in [0.5, 0.6) is 11.5 Å². The number of nitrogens with zero attached hydrogens (tertiary/aromatic N) is 4. The average molecular weight is 511 g/mol. The van der Waals surface area contributed by atoms with Gasteiger partial charge in [0.05, 0.1) is 43.6 Å². The molecule has 0 fully saturated rings. The van der Waals surface area contributed by atoms with Crippen LogP contribution in [0.15, 0.2) is 106 Å². The van der Waals surface area contributed by atoms with E-state index in [0.717, 1.165) is 33.3 Å². The molecule has 2 aliphatic rings. The molecule has 3 aromatic carbocycles. The van der Waals surface area contributed by atoms with Crippen molar-refractivity contribution in [3.63, 3.8) is 0 Å². The van der Waals surface area contributed by atoms with Gasteiger partial charge in [-0.25, -0.2) is 10.0 Å². The summed E-state index contributed by atoms with van der Waals surface area (Å²) < 4.78 is 10.8. The lowest BCUT2D eigenvalue weighted by Crippen LogP contribution is -2.29. The number of benzene rings is 3. The van der Waals surface area contributed by atoms with Gasteiger partial charge in [0, 0.05) is 6.42 Å². The maximum Gasteiger partial charge on any atom is 0.253 e. The number of anilines is 1. The van der Waals surface area contributed by atoms with E-state index in [9.17, 15) is 4.79 Å². The topological polar surface area (TPSA) is 66.7 Å². The number of hydrogen-bond acceptors (Lipinski definition) is 7. The molecule has 0 N–H and O–H groups in total. The molecule has 2 aliphatic heterocycles. The van der Waals surface area contributed by atoms with Crippen molar-refractivity contribution in [2.24, 2.45) is 10.1 Å². The fourth-order valence-electron chi connectivity index (χ4n) is 4.25. The van der Waals surface area contributed by atoms with Gasteiger partial charge in [0.25, 0.3) is 5.91 Å². The Bertz CT molecular complexity index is 1400. The first-order chi connectivity index (χ1) is 18.2. The number of amides is 1. The highest BCUT2D eigenvalue weighted by Gasteiger charge is 2.33. The van der Waals surface area contributed by atoms with Crippen molar-refractivity contribution >= 4 is 35.4 Å². The molecule has 1 amide bonds. The minimum Gasteiger partial charge on any atom is -0.497 e. The van der Waals surface area contributed by atoms with Crippen LogP contribution in [0.25, 0.3) is 0 Å². The Morgan fingerprint density at radius 2 is 1.76 bits per heavy atom. The number of hydrazone groups is 1. The summed E-state index contributed by atoms with van der Waals surface area (Å²) in [4.78, 5) is 19.7. The fourth-order valence-corrected chi connectivity index (χ4v) is 5.07. The Morgan fingerprint density at radius 1 is 1.00 bits per heavy atom. The summed E-state index contributed by atoms with van der Waals surface area (Å²) in [5, 5.41) is 7.15. The van der Waals surface area contributed by atoms with Crippen molar-refractivity contribution in [2.45, 2.75) is 12.5 Å². The van der Waals surface area contributed by atoms with Crippen molar-refractivity contribution in [3.05, 3.63) is 107 Å². The van der Waals surface area contributed by atoms with E-state index in [1.807, 2.05) is 83.8 Å². The first kappa shape index (κ1) is 24.4. The molecule has 0 aromatic heterocycles. The van der Waals surface area contributed by atoms with Crippen LogP contribution in [0.3, 0.4) is 0 Å². The summed E-state index contributed by atoms with van der Waals surface area (Å²) in [7, 11) is 3.27. The molecule has 1 atom stereocenters. The molecule has 0 aliphatic carbocycles. The van der Waals surface area contributed by atoms with E-state index in [2.05, 4.69) is 10.7 Å². The predicted octanol–water partition coefficient (Wildman–Crippen LogP) is 5.62. The number of thioether (sulfide) groups is 1. The number of rotatable bonds is 8. The highest BCUT2D eigenvalue weighted by molar-refractivity contribution is 8.03. The van der Waals surface area contributed by atoms with Crippen LogP contribution < -0.4 is 14.4 Å². The van der Waals surface area contributed by atoms with Crippen LogP contribution in [-0.2, 0) is 4.79 Å². The molecule has 0 saturated heterocycles. The van der Waals surface area contributed by atoms with Gasteiger partial charge in [0.15, 0.2) is 0 Å². The Morgan fingerprint density at radius 3 is 2.51 bits per heavy atom. The van der Waals surface area contributed by atoms with Gasteiger partial charge in [-0.2, -0.15) is 5.10 Å². The maximum absolute atomic E-state index is 13.6. The number of methoxy groups -OCH3 is 2. The average Bonchev–Trinajstić information content (AvgIpc) is 3.42. The number of carbonyl (C=O) groups is 1. The molecule has 37 heavy (non-hydrogen) atoms. The minimum atomic E-state index is -0.197. The third-order valence-electron chi connectivity index (χ3n) is 6.11. The Kier molecular flexibility index (Phi) is 7.40. The normalized spacial score (nSPS) is 16.4. The zero-order chi connectivity index (χ0) is 25.6. The summed E-state index contributed by atoms with van der Waals surface area (Å²) >= 11 is 1.39. The second-order valence-corrected chi connectivity index (χ2v) is 9.28. The fraction of sp³-hybridized carbons (Fsp3) is 0.172. The monoisotopic (exact) mass is 510 g/mol. The van der Waals surface area contributed by atoms with E-state index in [4.69, 9.17) is 14.6 Å². The van der Waals surface area contributed by atoms with E-state index in [1.165, 1.54) is 11.8 Å². The van der Waals surface area contributed by atoms with E-state index in [0.29, 0.717) is 12.2 Å². The standard InChI is InChI=1S/C29H26N4O3S/c1-35-23-14-12-22(13-15-23)26-18-24(21-8-4-3-5-9-21)31-33(26)28(34)19-37-29-16-17-30-20-32(29)25-10-6-7-11-27(25)36-2/h3-15,17,20,26H,18-19H2,1-2H3. The molecule has 186 valence electrons. The molecular formula is C29H26N4O3S. The van der Waals surface area contributed by atoms with Crippen molar-refractivity contribution in [2.75, 3.05) is 24.9 Å². The van der Waals surface area contributed by atoms with E-state index >= 15 is 0 Å². The summed E-state index contributed by atoms with van der Waals surface area (Å²) in [6.45, 7) is 0. The van der Waals surface area contributed by atoms with E-state index in [-0.39, 0.29) is 17.7 Å². The van der Waals surface area contributed by atoms with Crippen LogP contribution >= 0.6 is 11.8 Å². The summed E-state index contributed by atoms with van der Waals surface area (Å²) in [6.07, 6.45) is 3.93. The lowest BCUT2D eigenvalue weighted by atomic mass is 9.98. The van der Waals surface area contributed by atoms with Crippen LogP contribution in [0.4, 0.5) is 5.69 Å². The molecule has 2 heterocycles. The summed E-state index contributed by atoms with van der Waals surface area (Å²) in [5.74, 6) is 1.58. The second-order valence-electron chi connectivity index (χ2n) is 8.32. The molecule has 0 bridgehead atoms.